The van der Waals surface area contributed by atoms with Gasteiger partial charge in [0.2, 0.25) is 0 Å². The summed E-state index contributed by atoms with van der Waals surface area (Å²) in [6, 6.07) is 5.98. The molecule has 1 atom stereocenters. The number of anilines is 1. The first kappa shape index (κ1) is 12.2. The van der Waals surface area contributed by atoms with Gasteiger partial charge in [-0.05, 0) is 19.1 Å². The highest BCUT2D eigenvalue weighted by atomic mass is 19.4. The van der Waals surface area contributed by atoms with Gasteiger partial charge in [0, 0.05) is 31.4 Å². The van der Waals surface area contributed by atoms with Crippen molar-refractivity contribution in [3.8, 4) is 0 Å². The van der Waals surface area contributed by atoms with E-state index in [1.807, 2.05) is 6.92 Å². The maximum atomic E-state index is 12.9. The van der Waals surface area contributed by atoms with Gasteiger partial charge in [-0.25, -0.2) is 0 Å². The molecule has 0 spiro atoms. The van der Waals surface area contributed by atoms with Crippen molar-refractivity contribution in [2.75, 3.05) is 24.5 Å². The number of hydrogen-bond donors (Lipinski definition) is 1. The molecule has 0 aliphatic carbocycles. The van der Waals surface area contributed by atoms with Crippen molar-refractivity contribution in [3.63, 3.8) is 0 Å². The Morgan fingerprint density at radius 3 is 2.65 bits per heavy atom. The molecular weight excluding hydrogens is 229 g/mol. The molecule has 0 amide bonds. The molecule has 0 aromatic heterocycles. The zero-order chi connectivity index (χ0) is 12.5. The van der Waals surface area contributed by atoms with Crippen LogP contribution in [0, 0.1) is 0 Å². The first-order chi connectivity index (χ1) is 7.98. The van der Waals surface area contributed by atoms with Crippen LogP contribution in [0.2, 0.25) is 0 Å². The number of para-hydroxylation sites is 1. The Morgan fingerprint density at radius 2 is 2.00 bits per heavy atom. The van der Waals surface area contributed by atoms with E-state index >= 15 is 0 Å². The molecule has 1 N–H and O–H groups in total. The second kappa shape index (κ2) is 4.56. The van der Waals surface area contributed by atoms with Gasteiger partial charge in [-0.2, -0.15) is 13.2 Å². The molecule has 1 fully saturated rings. The van der Waals surface area contributed by atoms with Crippen molar-refractivity contribution in [1.82, 2.24) is 5.32 Å². The second-order valence-corrected chi connectivity index (χ2v) is 4.32. The van der Waals surface area contributed by atoms with E-state index in [1.165, 1.54) is 6.07 Å². The second-order valence-electron chi connectivity index (χ2n) is 4.32. The summed E-state index contributed by atoms with van der Waals surface area (Å²) >= 11 is 0. The molecule has 1 aromatic rings. The van der Waals surface area contributed by atoms with Gasteiger partial charge in [0.1, 0.15) is 0 Å². The van der Waals surface area contributed by atoms with Gasteiger partial charge in [-0.1, -0.05) is 12.1 Å². The summed E-state index contributed by atoms with van der Waals surface area (Å²) in [5, 5.41) is 3.22. The minimum Gasteiger partial charge on any atom is -0.368 e. The fourth-order valence-corrected chi connectivity index (χ4v) is 2.14. The number of hydrogen-bond acceptors (Lipinski definition) is 2. The predicted octanol–water partition coefficient (Wildman–Crippen LogP) is 2.50. The highest BCUT2D eigenvalue weighted by molar-refractivity contribution is 5.55. The van der Waals surface area contributed by atoms with Gasteiger partial charge in [-0.3, -0.25) is 0 Å². The SMILES string of the molecule is CC1CN(c2ccccc2C(F)(F)F)CCN1. The number of nitrogens with zero attached hydrogens (tertiary/aromatic N) is 1. The quantitative estimate of drug-likeness (QED) is 0.816. The Kier molecular flexibility index (Phi) is 3.28. The van der Waals surface area contributed by atoms with Crippen molar-refractivity contribution in [3.05, 3.63) is 29.8 Å². The van der Waals surface area contributed by atoms with E-state index in [4.69, 9.17) is 0 Å². The highest BCUT2D eigenvalue weighted by Gasteiger charge is 2.35. The van der Waals surface area contributed by atoms with E-state index in [1.54, 1.807) is 17.0 Å². The number of benzene rings is 1. The maximum absolute atomic E-state index is 12.9. The van der Waals surface area contributed by atoms with Crippen LogP contribution in [0.1, 0.15) is 12.5 Å². The fourth-order valence-electron chi connectivity index (χ4n) is 2.14. The largest absolute Gasteiger partial charge is 0.418 e. The molecule has 1 unspecified atom stereocenters. The summed E-state index contributed by atoms with van der Waals surface area (Å²) in [5.41, 5.74) is -0.262. The molecule has 1 aliphatic rings. The van der Waals surface area contributed by atoms with Crippen LogP contribution in [0.25, 0.3) is 0 Å². The molecule has 2 nitrogen and oxygen atoms in total. The van der Waals surface area contributed by atoms with Gasteiger partial charge < -0.3 is 10.2 Å². The van der Waals surface area contributed by atoms with Gasteiger partial charge >= 0.3 is 6.18 Å². The minimum atomic E-state index is -4.29. The first-order valence-electron chi connectivity index (χ1n) is 5.63. The van der Waals surface area contributed by atoms with Gasteiger partial charge in [-0.15, -0.1) is 0 Å². The zero-order valence-corrected chi connectivity index (χ0v) is 9.59. The molecular formula is C12H15F3N2. The molecule has 0 bridgehead atoms. The van der Waals surface area contributed by atoms with Crippen LogP contribution in [-0.2, 0) is 6.18 Å². The van der Waals surface area contributed by atoms with Crippen LogP contribution >= 0.6 is 0 Å². The Hall–Kier alpha value is -1.23. The molecule has 2 rings (SSSR count). The number of nitrogens with one attached hydrogen (secondary N) is 1. The lowest BCUT2D eigenvalue weighted by Gasteiger charge is -2.35. The summed E-state index contributed by atoms with van der Waals surface area (Å²) in [7, 11) is 0. The standard InChI is InChI=1S/C12H15F3N2/c1-9-8-17(7-6-16-9)11-5-3-2-4-10(11)12(13,14)15/h2-5,9,16H,6-8H2,1H3. The van der Waals surface area contributed by atoms with E-state index in [9.17, 15) is 13.2 Å². The first-order valence-corrected chi connectivity index (χ1v) is 5.63. The van der Waals surface area contributed by atoms with Crippen LogP contribution in [0.3, 0.4) is 0 Å². The summed E-state index contributed by atoms with van der Waals surface area (Å²) in [4.78, 5) is 1.80. The van der Waals surface area contributed by atoms with Crippen molar-refractivity contribution in [1.29, 1.82) is 0 Å². The van der Waals surface area contributed by atoms with Crippen molar-refractivity contribution in [2.24, 2.45) is 0 Å². The Labute approximate surface area is 98.4 Å². The van der Waals surface area contributed by atoms with Crippen LogP contribution in [0.15, 0.2) is 24.3 Å². The van der Waals surface area contributed by atoms with Crippen LogP contribution in [0.4, 0.5) is 18.9 Å². The number of rotatable bonds is 1. The molecule has 0 saturated carbocycles. The lowest BCUT2D eigenvalue weighted by molar-refractivity contribution is -0.137. The predicted molar refractivity (Wildman–Crippen MR) is 61.1 cm³/mol. The van der Waals surface area contributed by atoms with Crippen molar-refractivity contribution in [2.45, 2.75) is 19.1 Å². The summed E-state index contributed by atoms with van der Waals surface area (Å²) in [5.74, 6) is 0. The Morgan fingerprint density at radius 1 is 1.29 bits per heavy atom. The topological polar surface area (TPSA) is 15.3 Å². The van der Waals surface area contributed by atoms with E-state index in [-0.39, 0.29) is 11.7 Å². The molecule has 1 aliphatic heterocycles. The molecule has 5 heteroatoms. The van der Waals surface area contributed by atoms with Crippen LogP contribution in [0.5, 0.6) is 0 Å². The average molecular weight is 244 g/mol. The molecule has 17 heavy (non-hydrogen) atoms. The number of alkyl halides is 3. The molecule has 1 saturated heterocycles. The zero-order valence-electron chi connectivity index (χ0n) is 9.59. The number of halogens is 3. The normalized spacial score (nSPS) is 21.6. The summed E-state index contributed by atoms with van der Waals surface area (Å²) < 4.78 is 38.6. The van der Waals surface area contributed by atoms with E-state index in [0.717, 1.165) is 6.07 Å². The van der Waals surface area contributed by atoms with Crippen LogP contribution < -0.4 is 10.2 Å². The average Bonchev–Trinajstić information content (AvgIpc) is 2.28. The smallest absolute Gasteiger partial charge is 0.368 e. The molecule has 94 valence electrons. The van der Waals surface area contributed by atoms with E-state index in [2.05, 4.69) is 5.32 Å². The third-order valence-electron chi connectivity index (χ3n) is 2.92. The Balaban J connectivity index is 2.31. The molecule has 0 radical (unpaired) electrons. The molecule has 1 aromatic carbocycles. The lowest BCUT2D eigenvalue weighted by Crippen LogP contribution is -2.49. The highest BCUT2D eigenvalue weighted by Crippen LogP contribution is 2.36. The van der Waals surface area contributed by atoms with Crippen molar-refractivity contribution < 1.29 is 13.2 Å². The van der Waals surface area contributed by atoms with Crippen molar-refractivity contribution >= 4 is 5.69 Å². The maximum Gasteiger partial charge on any atom is 0.418 e. The Bertz CT molecular complexity index is 390. The van der Waals surface area contributed by atoms with Gasteiger partial charge in [0.05, 0.1) is 5.56 Å². The van der Waals surface area contributed by atoms with Crippen LogP contribution in [-0.4, -0.2) is 25.7 Å². The third kappa shape index (κ3) is 2.72. The lowest BCUT2D eigenvalue weighted by atomic mass is 10.1. The molecule has 1 heterocycles. The summed E-state index contributed by atoms with van der Waals surface area (Å²) in [6.45, 7) is 3.90. The summed E-state index contributed by atoms with van der Waals surface area (Å²) in [6.07, 6.45) is -4.29. The van der Waals surface area contributed by atoms with E-state index in [0.29, 0.717) is 19.6 Å². The monoisotopic (exact) mass is 244 g/mol. The van der Waals surface area contributed by atoms with E-state index < -0.39 is 11.7 Å². The van der Waals surface area contributed by atoms with Gasteiger partial charge in [0.15, 0.2) is 0 Å². The number of piperazine rings is 1. The van der Waals surface area contributed by atoms with Gasteiger partial charge in [0.25, 0.3) is 0 Å². The third-order valence-corrected chi connectivity index (χ3v) is 2.92. The fraction of sp³-hybridized carbons (Fsp3) is 0.500. The minimum absolute atomic E-state index is 0.213.